The standard InChI is InChI=1S/C16H26N2O3/c1-4-7-8-9-10-11-21-15-14(16(19)20)12(5-2)13(6-3)17-18-15/h4-11H2,1-3H3,(H,19,20). The zero-order chi connectivity index (χ0) is 15.7. The van der Waals surface area contributed by atoms with Crippen molar-refractivity contribution in [1.29, 1.82) is 0 Å². The van der Waals surface area contributed by atoms with Gasteiger partial charge in [0.1, 0.15) is 5.56 Å². The van der Waals surface area contributed by atoms with Crippen LogP contribution < -0.4 is 4.74 Å². The van der Waals surface area contributed by atoms with E-state index in [0.717, 1.165) is 24.1 Å². The highest BCUT2D eigenvalue weighted by Gasteiger charge is 2.21. The molecule has 0 aromatic carbocycles. The molecule has 5 heteroatoms. The largest absolute Gasteiger partial charge is 0.477 e. The van der Waals surface area contributed by atoms with Gasteiger partial charge in [-0.3, -0.25) is 0 Å². The molecule has 1 N–H and O–H groups in total. The van der Waals surface area contributed by atoms with Gasteiger partial charge in [0.2, 0.25) is 5.88 Å². The molecule has 0 saturated carbocycles. The lowest BCUT2D eigenvalue weighted by atomic mass is 10.0. The molecule has 5 nitrogen and oxygen atoms in total. The van der Waals surface area contributed by atoms with E-state index in [1.165, 1.54) is 19.3 Å². The molecule has 118 valence electrons. The van der Waals surface area contributed by atoms with Crippen LogP contribution in [-0.2, 0) is 12.8 Å². The molecule has 0 amide bonds. The maximum Gasteiger partial charge on any atom is 0.341 e. The predicted molar refractivity (Wildman–Crippen MR) is 82.0 cm³/mol. The van der Waals surface area contributed by atoms with Crippen molar-refractivity contribution in [3.8, 4) is 5.88 Å². The van der Waals surface area contributed by atoms with Gasteiger partial charge in [-0.05, 0) is 24.8 Å². The third-order valence-corrected chi connectivity index (χ3v) is 3.51. The Bertz CT molecular complexity index is 461. The van der Waals surface area contributed by atoms with Crippen molar-refractivity contribution < 1.29 is 14.6 Å². The lowest BCUT2D eigenvalue weighted by Crippen LogP contribution is -2.13. The van der Waals surface area contributed by atoms with Crippen LogP contribution in [0.2, 0.25) is 0 Å². The second-order valence-corrected chi connectivity index (χ2v) is 5.08. The minimum absolute atomic E-state index is 0.159. The monoisotopic (exact) mass is 294 g/mol. The van der Waals surface area contributed by atoms with Crippen LogP contribution in [0, 0.1) is 0 Å². The Morgan fingerprint density at radius 1 is 1.05 bits per heavy atom. The molecule has 0 aliphatic heterocycles. The molecular weight excluding hydrogens is 268 g/mol. The van der Waals surface area contributed by atoms with Gasteiger partial charge in [0.05, 0.1) is 12.3 Å². The molecule has 1 aromatic rings. The summed E-state index contributed by atoms with van der Waals surface area (Å²) in [5, 5.41) is 17.5. The number of aromatic nitrogens is 2. The first-order chi connectivity index (χ1) is 10.2. The summed E-state index contributed by atoms with van der Waals surface area (Å²) >= 11 is 0. The Balaban J connectivity index is 2.75. The number of hydrogen-bond acceptors (Lipinski definition) is 4. The highest BCUT2D eigenvalue weighted by Crippen LogP contribution is 2.23. The average Bonchev–Trinajstić information content (AvgIpc) is 2.49. The quantitative estimate of drug-likeness (QED) is 0.667. The van der Waals surface area contributed by atoms with Crippen molar-refractivity contribution in [3.05, 3.63) is 16.8 Å². The van der Waals surface area contributed by atoms with E-state index in [1.54, 1.807) is 0 Å². The first kappa shape index (κ1) is 17.4. The lowest BCUT2D eigenvalue weighted by Gasteiger charge is -2.13. The van der Waals surface area contributed by atoms with Crippen LogP contribution in [-0.4, -0.2) is 27.9 Å². The third kappa shape index (κ3) is 4.99. The van der Waals surface area contributed by atoms with Crippen molar-refractivity contribution in [3.63, 3.8) is 0 Å². The first-order valence-corrected chi connectivity index (χ1v) is 7.90. The van der Waals surface area contributed by atoms with Crippen molar-refractivity contribution in [2.24, 2.45) is 0 Å². The second-order valence-electron chi connectivity index (χ2n) is 5.08. The van der Waals surface area contributed by atoms with Gasteiger partial charge in [0.15, 0.2) is 0 Å². The van der Waals surface area contributed by atoms with Gasteiger partial charge in [0, 0.05) is 0 Å². The summed E-state index contributed by atoms with van der Waals surface area (Å²) in [5.41, 5.74) is 1.66. The van der Waals surface area contributed by atoms with Crippen molar-refractivity contribution >= 4 is 5.97 Å². The molecule has 0 spiro atoms. The second kappa shape index (κ2) is 9.32. The number of aromatic carboxylic acids is 1. The fourth-order valence-corrected chi connectivity index (χ4v) is 2.35. The van der Waals surface area contributed by atoms with Crippen LogP contribution in [0.3, 0.4) is 0 Å². The first-order valence-electron chi connectivity index (χ1n) is 7.90. The van der Waals surface area contributed by atoms with Crippen LogP contribution >= 0.6 is 0 Å². The van der Waals surface area contributed by atoms with Gasteiger partial charge in [-0.15, -0.1) is 5.10 Å². The number of carboxylic acid groups (broad SMARTS) is 1. The van der Waals surface area contributed by atoms with Crippen LogP contribution in [0.1, 0.15) is 74.5 Å². The summed E-state index contributed by atoms with van der Waals surface area (Å²) in [7, 11) is 0. The van der Waals surface area contributed by atoms with E-state index < -0.39 is 5.97 Å². The molecule has 0 saturated heterocycles. The Kier molecular flexibility index (Phi) is 7.72. The summed E-state index contributed by atoms with van der Waals surface area (Å²) in [6, 6.07) is 0. The highest BCUT2D eigenvalue weighted by atomic mass is 16.5. The van der Waals surface area contributed by atoms with Crippen molar-refractivity contribution in [2.75, 3.05) is 6.61 Å². The van der Waals surface area contributed by atoms with Gasteiger partial charge in [-0.1, -0.05) is 46.5 Å². The molecule has 0 bridgehead atoms. The van der Waals surface area contributed by atoms with E-state index in [9.17, 15) is 9.90 Å². The number of aryl methyl sites for hydroxylation is 1. The average molecular weight is 294 g/mol. The third-order valence-electron chi connectivity index (χ3n) is 3.51. The van der Waals surface area contributed by atoms with Crippen molar-refractivity contribution in [1.82, 2.24) is 10.2 Å². The number of carboxylic acids is 1. The number of carbonyl (C=O) groups is 1. The fourth-order valence-electron chi connectivity index (χ4n) is 2.35. The molecule has 0 unspecified atom stereocenters. The van der Waals surface area contributed by atoms with Gasteiger partial charge in [0.25, 0.3) is 0 Å². The molecule has 1 rings (SSSR count). The smallest absolute Gasteiger partial charge is 0.341 e. The summed E-state index contributed by atoms with van der Waals surface area (Å²) in [5.74, 6) is -0.829. The minimum Gasteiger partial charge on any atom is -0.477 e. The molecule has 21 heavy (non-hydrogen) atoms. The van der Waals surface area contributed by atoms with Crippen LogP contribution in [0.4, 0.5) is 0 Å². The molecule has 0 fully saturated rings. The topological polar surface area (TPSA) is 72.3 Å². The Labute approximate surface area is 126 Å². The number of nitrogens with zero attached hydrogens (tertiary/aromatic N) is 2. The Morgan fingerprint density at radius 2 is 1.76 bits per heavy atom. The van der Waals surface area contributed by atoms with E-state index in [4.69, 9.17) is 4.74 Å². The van der Waals surface area contributed by atoms with E-state index in [1.807, 2.05) is 13.8 Å². The number of rotatable bonds is 10. The molecule has 1 aromatic heterocycles. The summed E-state index contributed by atoms with van der Waals surface area (Å²) < 4.78 is 5.57. The summed E-state index contributed by atoms with van der Waals surface area (Å²) in [4.78, 5) is 11.5. The minimum atomic E-state index is -0.988. The van der Waals surface area contributed by atoms with E-state index in [2.05, 4.69) is 17.1 Å². The molecule has 0 atom stereocenters. The summed E-state index contributed by atoms with van der Waals surface area (Å²) in [6.45, 7) is 6.54. The molecule has 0 aliphatic carbocycles. The number of unbranched alkanes of at least 4 members (excludes halogenated alkanes) is 4. The van der Waals surface area contributed by atoms with Crippen LogP contribution in [0.25, 0.3) is 0 Å². The van der Waals surface area contributed by atoms with Gasteiger partial charge < -0.3 is 9.84 Å². The normalized spacial score (nSPS) is 10.6. The van der Waals surface area contributed by atoms with Gasteiger partial charge >= 0.3 is 5.97 Å². The molecule has 0 aliphatic rings. The van der Waals surface area contributed by atoms with Gasteiger partial charge in [-0.25, -0.2) is 4.79 Å². The Morgan fingerprint density at radius 3 is 2.33 bits per heavy atom. The molecule has 0 radical (unpaired) electrons. The van der Waals surface area contributed by atoms with E-state index >= 15 is 0 Å². The zero-order valence-corrected chi connectivity index (χ0v) is 13.3. The number of ether oxygens (including phenoxy) is 1. The molecule has 1 heterocycles. The van der Waals surface area contributed by atoms with Crippen LogP contribution in [0.5, 0.6) is 5.88 Å². The summed E-state index contributed by atoms with van der Waals surface area (Å²) in [6.07, 6.45) is 6.92. The SMILES string of the molecule is CCCCCCCOc1nnc(CC)c(CC)c1C(=O)O. The van der Waals surface area contributed by atoms with Crippen LogP contribution in [0.15, 0.2) is 0 Å². The van der Waals surface area contributed by atoms with E-state index in [-0.39, 0.29) is 11.4 Å². The lowest BCUT2D eigenvalue weighted by molar-refractivity contribution is 0.0689. The predicted octanol–water partition coefficient (Wildman–Crippen LogP) is 3.65. The van der Waals surface area contributed by atoms with Crippen molar-refractivity contribution in [2.45, 2.75) is 65.7 Å². The fraction of sp³-hybridized carbons (Fsp3) is 0.688. The highest BCUT2D eigenvalue weighted by molar-refractivity contribution is 5.92. The Hall–Kier alpha value is -1.65. The molecular formula is C16H26N2O3. The van der Waals surface area contributed by atoms with Gasteiger partial charge in [-0.2, -0.15) is 5.10 Å². The maximum atomic E-state index is 11.5. The number of hydrogen-bond donors (Lipinski definition) is 1. The zero-order valence-electron chi connectivity index (χ0n) is 13.3. The van der Waals surface area contributed by atoms with E-state index in [0.29, 0.717) is 19.4 Å². The maximum absolute atomic E-state index is 11.5.